The summed E-state index contributed by atoms with van der Waals surface area (Å²) < 4.78 is 0. The lowest BCUT2D eigenvalue weighted by atomic mass is 9.96. The molecule has 0 saturated carbocycles. The number of carbonyl (C=O) groups is 1. The van der Waals surface area contributed by atoms with Crippen LogP contribution >= 0.6 is 12.6 Å². The zero-order chi connectivity index (χ0) is 9.19. The quantitative estimate of drug-likeness (QED) is 0.144. The molecule has 0 aliphatic heterocycles. The number of hydrazine groups is 1. The Labute approximate surface area is 75.5 Å². The molecule has 1 amide bonds. The van der Waals surface area contributed by atoms with Gasteiger partial charge in [-0.2, -0.15) is 0 Å². The van der Waals surface area contributed by atoms with Crippen LogP contribution in [0.15, 0.2) is 24.3 Å². The van der Waals surface area contributed by atoms with Gasteiger partial charge in [0.2, 0.25) is 5.91 Å². The van der Waals surface area contributed by atoms with Gasteiger partial charge in [-0.05, 0) is 6.08 Å². The van der Waals surface area contributed by atoms with Gasteiger partial charge in [0.1, 0.15) is 4.93 Å². The molecule has 12 heavy (non-hydrogen) atoms. The Kier molecular flexibility index (Phi) is 2.56. The fourth-order valence-corrected chi connectivity index (χ4v) is 1.28. The number of nitrogens with one attached hydrogen (secondary N) is 1. The first-order valence-corrected chi connectivity index (χ1v) is 3.84. The lowest BCUT2D eigenvalue weighted by molar-refractivity contribution is -0.126. The van der Waals surface area contributed by atoms with Gasteiger partial charge < -0.3 is 5.11 Å². The maximum Gasteiger partial charge on any atom is 0.244 e. The normalized spacial score (nSPS) is 33.4. The topological polar surface area (TPSA) is 75.3 Å². The Balaban J connectivity index is 2.84. The van der Waals surface area contributed by atoms with Crippen LogP contribution in [0.25, 0.3) is 0 Å². The SMILES string of the molecule is NNC(=O)C1C=CC=CC1(O)S. The molecule has 0 bridgehead atoms. The Morgan fingerprint density at radius 3 is 2.83 bits per heavy atom. The maximum atomic E-state index is 11.1. The Bertz CT molecular complexity index is 248. The van der Waals surface area contributed by atoms with Crippen LogP contribution in [0, 0.1) is 5.92 Å². The first-order chi connectivity index (χ1) is 5.58. The molecule has 66 valence electrons. The highest BCUT2D eigenvalue weighted by molar-refractivity contribution is 7.81. The van der Waals surface area contributed by atoms with Crippen molar-refractivity contribution < 1.29 is 9.90 Å². The van der Waals surface area contributed by atoms with E-state index in [0.29, 0.717) is 0 Å². The third kappa shape index (κ3) is 1.69. The van der Waals surface area contributed by atoms with Crippen LogP contribution in [0.2, 0.25) is 0 Å². The predicted octanol–water partition coefficient (Wildman–Crippen LogP) is -0.663. The van der Waals surface area contributed by atoms with E-state index in [1.165, 1.54) is 12.2 Å². The minimum absolute atomic E-state index is 0.465. The molecule has 4 N–H and O–H groups in total. The van der Waals surface area contributed by atoms with Crippen LogP contribution < -0.4 is 11.3 Å². The second kappa shape index (κ2) is 3.30. The van der Waals surface area contributed by atoms with Crippen LogP contribution in [0.1, 0.15) is 0 Å². The summed E-state index contributed by atoms with van der Waals surface area (Å²) in [6.45, 7) is 0. The van der Waals surface area contributed by atoms with Crippen LogP contribution in [0.4, 0.5) is 0 Å². The number of amides is 1. The molecule has 2 unspecified atom stereocenters. The smallest absolute Gasteiger partial charge is 0.244 e. The Morgan fingerprint density at radius 1 is 1.67 bits per heavy atom. The first-order valence-electron chi connectivity index (χ1n) is 3.39. The largest absolute Gasteiger partial charge is 0.375 e. The van der Waals surface area contributed by atoms with E-state index >= 15 is 0 Å². The van der Waals surface area contributed by atoms with Crippen molar-refractivity contribution in [3.63, 3.8) is 0 Å². The molecule has 2 atom stereocenters. The average molecular weight is 186 g/mol. The van der Waals surface area contributed by atoms with Gasteiger partial charge >= 0.3 is 0 Å². The van der Waals surface area contributed by atoms with Gasteiger partial charge in [0.15, 0.2) is 0 Å². The second-order valence-electron chi connectivity index (χ2n) is 2.51. The van der Waals surface area contributed by atoms with Gasteiger partial charge in [-0.25, -0.2) is 5.84 Å². The summed E-state index contributed by atoms with van der Waals surface area (Å²) in [7, 11) is 0. The standard InChI is InChI=1S/C7H10N2O2S/c8-9-6(10)5-3-1-2-4-7(5,11)12/h1-5,11-12H,8H2,(H,9,10). The first kappa shape index (κ1) is 9.31. The van der Waals surface area contributed by atoms with Gasteiger partial charge in [0.25, 0.3) is 0 Å². The molecule has 0 saturated heterocycles. The van der Waals surface area contributed by atoms with Crippen molar-refractivity contribution in [2.75, 3.05) is 0 Å². The van der Waals surface area contributed by atoms with Gasteiger partial charge in [0.05, 0.1) is 5.92 Å². The zero-order valence-corrected chi connectivity index (χ0v) is 7.16. The minimum atomic E-state index is -1.45. The molecular weight excluding hydrogens is 176 g/mol. The van der Waals surface area contributed by atoms with Crippen molar-refractivity contribution in [3.05, 3.63) is 24.3 Å². The monoisotopic (exact) mass is 186 g/mol. The van der Waals surface area contributed by atoms with Crippen molar-refractivity contribution in [2.45, 2.75) is 4.93 Å². The summed E-state index contributed by atoms with van der Waals surface area (Å²) in [6.07, 6.45) is 6.24. The van der Waals surface area contributed by atoms with Crippen LogP contribution in [0.3, 0.4) is 0 Å². The molecule has 4 nitrogen and oxygen atoms in total. The van der Waals surface area contributed by atoms with E-state index in [2.05, 4.69) is 12.6 Å². The number of thiol groups is 1. The van der Waals surface area contributed by atoms with Crippen molar-refractivity contribution in [1.82, 2.24) is 5.43 Å². The molecule has 1 aliphatic rings. The van der Waals surface area contributed by atoms with E-state index in [4.69, 9.17) is 5.84 Å². The minimum Gasteiger partial charge on any atom is -0.375 e. The highest BCUT2D eigenvalue weighted by Crippen LogP contribution is 2.27. The highest BCUT2D eigenvalue weighted by Gasteiger charge is 2.35. The number of hydrogen-bond donors (Lipinski definition) is 4. The summed E-state index contributed by atoms with van der Waals surface area (Å²) in [4.78, 5) is 9.61. The molecule has 0 spiro atoms. The number of nitrogens with two attached hydrogens (primary N) is 1. The zero-order valence-electron chi connectivity index (χ0n) is 6.27. The lowest BCUT2D eigenvalue weighted by Crippen LogP contribution is -2.44. The third-order valence-corrected chi connectivity index (χ3v) is 2.07. The Morgan fingerprint density at radius 2 is 2.33 bits per heavy atom. The van der Waals surface area contributed by atoms with E-state index in [1.807, 2.05) is 5.43 Å². The van der Waals surface area contributed by atoms with Crippen molar-refractivity contribution in [3.8, 4) is 0 Å². The molecule has 0 aromatic carbocycles. The molecule has 0 heterocycles. The third-order valence-electron chi connectivity index (χ3n) is 1.64. The molecule has 0 aromatic heterocycles. The average Bonchev–Trinajstić information content (AvgIpc) is 2.02. The van der Waals surface area contributed by atoms with E-state index in [1.54, 1.807) is 12.2 Å². The van der Waals surface area contributed by atoms with E-state index in [9.17, 15) is 9.90 Å². The van der Waals surface area contributed by atoms with Gasteiger partial charge in [-0.15, -0.1) is 12.6 Å². The highest BCUT2D eigenvalue weighted by atomic mass is 32.1. The fraction of sp³-hybridized carbons (Fsp3) is 0.286. The maximum absolute atomic E-state index is 11.1. The molecule has 5 heteroatoms. The van der Waals surface area contributed by atoms with Gasteiger partial charge in [0, 0.05) is 0 Å². The number of aliphatic hydroxyl groups is 1. The summed E-state index contributed by atoms with van der Waals surface area (Å²) in [5, 5.41) is 9.55. The van der Waals surface area contributed by atoms with E-state index in [-0.39, 0.29) is 0 Å². The van der Waals surface area contributed by atoms with E-state index < -0.39 is 16.8 Å². The summed E-state index contributed by atoms with van der Waals surface area (Å²) in [6, 6.07) is 0. The van der Waals surface area contributed by atoms with Crippen molar-refractivity contribution in [2.24, 2.45) is 11.8 Å². The molecule has 1 rings (SSSR count). The second-order valence-corrected chi connectivity index (χ2v) is 3.23. The number of rotatable bonds is 1. The molecule has 0 radical (unpaired) electrons. The van der Waals surface area contributed by atoms with Crippen LogP contribution in [-0.4, -0.2) is 15.9 Å². The number of hydrogen-bond acceptors (Lipinski definition) is 4. The molecule has 0 aromatic rings. The summed E-state index contributed by atoms with van der Waals surface area (Å²) in [5.41, 5.74) is 1.96. The molecule has 0 fully saturated rings. The molecule has 1 aliphatic carbocycles. The van der Waals surface area contributed by atoms with Crippen molar-refractivity contribution in [1.29, 1.82) is 0 Å². The predicted molar refractivity (Wildman–Crippen MR) is 48.0 cm³/mol. The Hall–Kier alpha value is -0.780. The number of carbonyl (C=O) groups excluding carboxylic acids is 1. The van der Waals surface area contributed by atoms with Gasteiger partial charge in [-0.1, -0.05) is 18.2 Å². The lowest BCUT2D eigenvalue weighted by Gasteiger charge is -2.26. The number of allylic oxidation sites excluding steroid dienone is 2. The van der Waals surface area contributed by atoms with E-state index in [0.717, 1.165) is 0 Å². The molecular formula is C7H10N2O2S. The van der Waals surface area contributed by atoms with Gasteiger partial charge in [-0.3, -0.25) is 10.2 Å². The summed E-state index contributed by atoms with van der Waals surface area (Å²) in [5.74, 6) is 3.72. The fourth-order valence-electron chi connectivity index (χ4n) is 0.988. The van der Waals surface area contributed by atoms with Crippen molar-refractivity contribution >= 4 is 18.5 Å². The van der Waals surface area contributed by atoms with Crippen LogP contribution in [-0.2, 0) is 4.79 Å². The van der Waals surface area contributed by atoms with Crippen LogP contribution in [0.5, 0.6) is 0 Å². The summed E-state index contributed by atoms with van der Waals surface area (Å²) >= 11 is 3.91.